The van der Waals surface area contributed by atoms with Crippen LogP contribution in [0, 0.1) is 6.92 Å². The second-order valence-corrected chi connectivity index (χ2v) is 2.82. The average molecular weight is 156 g/mol. The molecule has 0 aromatic carbocycles. The number of hydrogen-bond donors (Lipinski definition) is 1. The molecule has 0 spiro atoms. The summed E-state index contributed by atoms with van der Waals surface area (Å²) in [7, 11) is 0. The Morgan fingerprint density at radius 3 is 2.80 bits per heavy atom. The average Bonchev–Trinajstić information content (AvgIpc) is 2.20. The Morgan fingerprint density at radius 2 is 2.40 bits per heavy atom. The third-order valence-corrected chi connectivity index (χ3v) is 1.95. The van der Waals surface area contributed by atoms with E-state index in [4.69, 9.17) is 0 Å². The van der Waals surface area contributed by atoms with Crippen molar-refractivity contribution < 1.29 is 0 Å². The summed E-state index contributed by atoms with van der Waals surface area (Å²) in [6.45, 7) is 5.16. The minimum atomic E-state index is 0.980. The van der Waals surface area contributed by atoms with Crippen LogP contribution in [-0.4, -0.2) is 9.78 Å². The summed E-state index contributed by atoms with van der Waals surface area (Å²) in [6.07, 6.45) is 2.91. The SMILES string of the molecule is CCCn1ncc(S)c1C. The first-order valence-electron chi connectivity index (χ1n) is 3.47. The number of hydrogen-bond acceptors (Lipinski definition) is 2. The van der Waals surface area contributed by atoms with Gasteiger partial charge in [-0.05, 0) is 13.3 Å². The Kier molecular flexibility index (Phi) is 2.38. The van der Waals surface area contributed by atoms with Crippen molar-refractivity contribution >= 4 is 12.6 Å². The van der Waals surface area contributed by atoms with Crippen LogP contribution < -0.4 is 0 Å². The molecule has 0 saturated carbocycles. The van der Waals surface area contributed by atoms with Gasteiger partial charge >= 0.3 is 0 Å². The van der Waals surface area contributed by atoms with E-state index >= 15 is 0 Å². The zero-order valence-corrected chi connectivity index (χ0v) is 7.23. The van der Waals surface area contributed by atoms with Gasteiger partial charge in [0.1, 0.15) is 0 Å². The minimum Gasteiger partial charge on any atom is -0.269 e. The van der Waals surface area contributed by atoms with E-state index in [0.29, 0.717) is 0 Å². The van der Waals surface area contributed by atoms with Gasteiger partial charge in [-0.1, -0.05) is 6.92 Å². The number of thiol groups is 1. The van der Waals surface area contributed by atoms with Crippen LogP contribution in [0.25, 0.3) is 0 Å². The van der Waals surface area contributed by atoms with E-state index in [0.717, 1.165) is 23.6 Å². The normalized spacial score (nSPS) is 10.3. The Labute approximate surface area is 66.7 Å². The maximum absolute atomic E-state index is 4.23. The predicted octanol–water partition coefficient (Wildman–Crippen LogP) is 1.89. The molecular formula is C7H12N2S. The van der Waals surface area contributed by atoms with Gasteiger partial charge in [-0.3, -0.25) is 4.68 Å². The van der Waals surface area contributed by atoms with Gasteiger partial charge in [0.05, 0.1) is 6.20 Å². The summed E-state index contributed by atoms with van der Waals surface area (Å²) in [5.74, 6) is 0. The summed E-state index contributed by atoms with van der Waals surface area (Å²) >= 11 is 4.23. The standard InChI is InChI=1S/C7H12N2S/c1-3-4-9-6(2)7(10)5-8-9/h5,10H,3-4H2,1-2H3. The van der Waals surface area contributed by atoms with Gasteiger partial charge in [-0.2, -0.15) is 5.10 Å². The second kappa shape index (κ2) is 3.10. The van der Waals surface area contributed by atoms with Crippen molar-refractivity contribution in [2.45, 2.75) is 31.7 Å². The topological polar surface area (TPSA) is 17.8 Å². The van der Waals surface area contributed by atoms with Gasteiger partial charge in [0.15, 0.2) is 0 Å². The quantitative estimate of drug-likeness (QED) is 0.647. The van der Waals surface area contributed by atoms with Crippen molar-refractivity contribution in [1.29, 1.82) is 0 Å². The number of aromatic nitrogens is 2. The first-order chi connectivity index (χ1) is 4.75. The molecule has 0 fully saturated rings. The van der Waals surface area contributed by atoms with E-state index < -0.39 is 0 Å². The van der Waals surface area contributed by atoms with Gasteiger partial charge in [0, 0.05) is 17.1 Å². The molecule has 1 aromatic rings. The summed E-state index contributed by atoms with van der Waals surface area (Å²) in [4.78, 5) is 0.980. The highest BCUT2D eigenvalue weighted by atomic mass is 32.1. The summed E-state index contributed by atoms with van der Waals surface area (Å²) in [5, 5.41) is 4.15. The molecule has 1 aromatic heterocycles. The van der Waals surface area contributed by atoms with E-state index in [1.54, 1.807) is 6.20 Å². The van der Waals surface area contributed by atoms with Crippen LogP contribution in [0.1, 0.15) is 19.0 Å². The molecule has 0 radical (unpaired) electrons. The van der Waals surface area contributed by atoms with Crippen LogP contribution in [0.2, 0.25) is 0 Å². The Balaban J connectivity index is 2.83. The highest BCUT2D eigenvalue weighted by molar-refractivity contribution is 7.80. The first kappa shape index (κ1) is 7.66. The molecule has 0 aliphatic heterocycles. The molecule has 0 unspecified atom stereocenters. The van der Waals surface area contributed by atoms with Gasteiger partial charge < -0.3 is 0 Å². The molecule has 10 heavy (non-hydrogen) atoms. The largest absolute Gasteiger partial charge is 0.269 e. The molecule has 0 bridgehead atoms. The Bertz CT molecular complexity index is 217. The van der Waals surface area contributed by atoms with Gasteiger partial charge in [0.25, 0.3) is 0 Å². The van der Waals surface area contributed by atoms with Crippen molar-refractivity contribution in [2.75, 3.05) is 0 Å². The lowest BCUT2D eigenvalue weighted by Gasteiger charge is -1.99. The van der Waals surface area contributed by atoms with Crippen molar-refractivity contribution in [3.63, 3.8) is 0 Å². The highest BCUT2D eigenvalue weighted by Crippen LogP contribution is 2.10. The molecule has 56 valence electrons. The lowest BCUT2D eigenvalue weighted by Crippen LogP contribution is -2.00. The van der Waals surface area contributed by atoms with E-state index in [9.17, 15) is 0 Å². The minimum absolute atomic E-state index is 0.980. The van der Waals surface area contributed by atoms with Gasteiger partial charge in [-0.15, -0.1) is 12.6 Å². The second-order valence-electron chi connectivity index (χ2n) is 2.34. The number of nitrogens with zero attached hydrogens (tertiary/aromatic N) is 2. The van der Waals surface area contributed by atoms with Crippen LogP contribution in [0.5, 0.6) is 0 Å². The molecule has 3 heteroatoms. The molecule has 0 aliphatic rings. The molecule has 0 aliphatic carbocycles. The Hall–Kier alpha value is -0.440. The van der Waals surface area contributed by atoms with E-state index in [1.165, 1.54) is 0 Å². The number of rotatable bonds is 2. The molecule has 0 saturated heterocycles. The Morgan fingerprint density at radius 1 is 1.70 bits per heavy atom. The predicted molar refractivity (Wildman–Crippen MR) is 44.5 cm³/mol. The van der Waals surface area contributed by atoms with E-state index in [2.05, 4.69) is 24.7 Å². The van der Waals surface area contributed by atoms with Gasteiger partial charge in [0.2, 0.25) is 0 Å². The van der Waals surface area contributed by atoms with Crippen molar-refractivity contribution in [3.05, 3.63) is 11.9 Å². The van der Waals surface area contributed by atoms with E-state index in [-0.39, 0.29) is 0 Å². The maximum Gasteiger partial charge on any atom is 0.0626 e. The van der Waals surface area contributed by atoms with Crippen molar-refractivity contribution in [1.82, 2.24) is 9.78 Å². The lowest BCUT2D eigenvalue weighted by molar-refractivity contribution is 0.585. The third-order valence-electron chi connectivity index (χ3n) is 1.51. The summed E-state index contributed by atoms with van der Waals surface area (Å²) in [6, 6.07) is 0. The molecule has 0 N–H and O–H groups in total. The van der Waals surface area contributed by atoms with Crippen molar-refractivity contribution in [2.24, 2.45) is 0 Å². The first-order valence-corrected chi connectivity index (χ1v) is 3.91. The molecular weight excluding hydrogens is 144 g/mol. The summed E-state index contributed by atoms with van der Waals surface area (Å²) < 4.78 is 1.97. The van der Waals surface area contributed by atoms with Crippen LogP contribution in [0.15, 0.2) is 11.1 Å². The smallest absolute Gasteiger partial charge is 0.0626 e. The highest BCUT2D eigenvalue weighted by Gasteiger charge is 1.99. The molecule has 0 atom stereocenters. The fraction of sp³-hybridized carbons (Fsp3) is 0.571. The maximum atomic E-state index is 4.23. The number of aryl methyl sites for hydroxylation is 1. The zero-order chi connectivity index (χ0) is 7.56. The van der Waals surface area contributed by atoms with Gasteiger partial charge in [-0.25, -0.2) is 0 Å². The summed E-state index contributed by atoms with van der Waals surface area (Å²) in [5.41, 5.74) is 1.16. The third kappa shape index (κ3) is 1.34. The zero-order valence-electron chi connectivity index (χ0n) is 6.33. The molecule has 2 nitrogen and oxygen atoms in total. The van der Waals surface area contributed by atoms with Crippen LogP contribution >= 0.6 is 12.6 Å². The fourth-order valence-corrected chi connectivity index (χ4v) is 1.04. The monoisotopic (exact) mass is 156 g/mol. The van der Waals surface area contributed by atoms with Crippen LogP contribution in [0.3, 0.4) is 0 Å². The molecule has 1 rings (SSSR count). The van der Waals surface area contributed by atoms with Crippen LogP contribution in [0.4, 0.5) is 0 Å². The van der Waals surface area contributed by atoms with Crippen LogP contribution in [-0.2, 0) is 6.54 Å². The lowest BCUT2D eigenvalue weighted by atomic mass is 10.4. The molecule has 0 amide bonds. The van der Waals surface area contributed by atoms with Crippen molar-refractivity contribution in [3.8, 4) is 0 Å². The molecule has 1 heterocycles. The fourth-order valence-electron chi connectivity index (χ4n) is 0.874. The van der Waals surface area contributed by atoms with E-state index in [1.807, 2.05) is 11.6 Å².